The van der Waals surface area contributed by atoms with E-state index in [1.54, 1.807) is 6.08 Å². The summed E-state index contributed by atoms with van der Waals surface area (Å²) in [7, 11) is 0. The van der Waals surface area contributed by atoms with Crippen LogP contribution in [0.4, 0.5) is 17.5 Å². The Bertz CT molecular complexity index is 852. The highest BCUT2D eigenvalue weighted by Crippen LogP contribution is 2.24. The Morgan fingerprint density at radius 1 is 0.960 bits per heavy atom. The molecule has 0 saturated heterocycles. The van der Waals surface area contributed by atoms with Gasteiger partial charge in [0.2, 0.25) is 5.95 Å². The number of rotatable bonds is 6. The van der Waals surface area contributed by atoms with E-state index in [0.717, 1.165) is 22.8 Å². The lowest BCUT2D eigenvalue weighted by Crippen LogP contribution is -2.05. The average Bonchev–Trinajstić information content (AvgIpc) is 2.59. The average molecular weight is 330 g/mol. The molecule has 4 nitrogen and oxygen atoms in total. The van der Waals surface area contributed by atoms with Gasteiger partial charge in [-0.25, -0.2) is 4.98 Å². The molecule has 0 bridgehead atoms. The third-order valence-corrected chi connectivity index (χ3v) is 3.70. The molecule has 3 rings (SSSR count). The van der Waals surface area contributed by atoms with Gasteiger partial charge in [-0.15, -0.1) is 6.58 Å². The van der Waals surface area contributed by atoms with Crippen molar-refractivity contribution in [3.05, 3.63) is 78.4 Å². The number of aromatic nitrogens is 2. The van der Waals surface area contributed by atoms with Crippen LogP contribution in [0, 0.1) is 13.8 Å². The number of hydrogen-bond donors (Lipinski definition) is 2. The van der Waals surface area contributed by atoms with Crippen molar-refractivity contribution in [1.29, 1.82) is 0 Å². The van der Waals surface area contributed by atoms with E-state index in [4.69, 9.17) is 0 Å². The van der Waals surface area contributed by atoms with Gasteiger partial charge in [-0.05, 0) is 37.1 Å². The molecule has 3 aromatic rings. The second kappa shape index (κ2) is 7.62. The lowest BCUT2D eigenvalue weighted by atomic mass is 10.1. The number of nitrogens with zero attached hydrogens (tertiary/aromatic N) is 2. The maximum Gasteiger partial charge on any atom is 0.229 e. The molecule has 1 heterocycles. The van der Waals surface area contributed by atoms with Gasteiger partial charge in [0.1, 0.15) is 5.82 Å². The molecule has 0 aliphatic carbocycles. The second-order valence-electron chi connectivity index (χ2n) is 6.00. The quantitative estimate of drug-likeness (QED) is 0.617. The van der Waals surface area contributed by atoms with E-state index >= 15 is 0 Å². The summed E-state index contributed by atoms with van der Waals surface area (Å²) in [6.07, 6.45) is 1.81. The molecule has 4 heteroatoms. The van der Waals surface area contributed by atoms with Crippen LogP contribution in [0.5, 0.6) is 0 Å². The highest BCUT2D eigenvalue weighted by Gasteiger charge is 2.07. The van der Waals surface area contributed by atoms with Crippen LogP contribution in [0.15, 0.2) is 67.3 Å². The molecule has 0 aliphatic heterocycles. The highest BCUT2D eigenvalue weighted by molar-refractivity contribution is 5.66. The molecule has 0 saturated carbocycles. The van der Waals surface area contributed by atoms with Crippen molar-refractivity contribution in [2.45, 2.75) is 13.8 Å². The third kappa shape index (κ3) is 4.44. The van der Waals surface area contributed by atoms with E-state index in [2.05, 4.69) is 59.2 Å². The number of aryl methyl sites for hydroxylation is 2. The van der Waals surface area contributed by atoms with Crippen molar-refractivity contribution in [2.24, 2.45) is 0 Å². The summed E-state index contributed by atoms with van der Waals surface area (Å²) >= 11 is 0. The zero-order valence-electron chi connectivity index (χ0n) is 14.6. The van der Waals surface area contributed by atoms with Crippen LogP contribution in [0.3, 0.4) is 0 Å². The van der Waals surface area contributed by atoms with Gasteiger partial charge in [-0.1, -0.05) is 42.5 Å². The largest absolute Gasteiger partial charge is 0.366 e. The molecule has 0 radical (unpaired) electrons. The molecular weight excluding hydrogens is 308 g/mol. The van der Waals surface area contributed by atoms with Crippen LogP contribution in [0.1, 0.15) is 11.1 Å². The van der Waals surface area contributed by atoms with Gasteiger partial charge >= 0.3 is 0 Å². The fourth-order valence-corrected chi connectivity index (χ4v) is 2.70. The van der Waals surface area contributed by atoms with E-state index in [9.17, 15) is 0 Å². The van der Waals surface area contributed by atoms with Crippen molar-refractivity contribution in [3.8, 4) is 11.3 Å². The topological polar surface area (TPSA) is 49.8 Å². The Labute approximate surface area is 148 Å². The molecule has 0 spiro atoms. The van der Waals surface area contributed by atoms with E-state index < -0.39 is 0 Å². The third-order valence-electron chi connectivity index (χ3n) is 3.70. The van der Waals surface area contributed by atoms with Crippen molar-refractivity contribution in [1.82, 2.24) is 9.97 Å². The summed E-state index contributed by atoms with van der Waals surface area (Å²) in [4.78, 5) is 9.25. The maximum absolute atomic E-state index is 4.68. The smallest absolute Gasteiger partial charge is 0.229 e. The summed E-state index contributed by atoms with van der Waals surface area (Å²) in [6, 6.07) is 18.4. The van der Waals surface area contributed by atoms with Crippen molar-refractivity contribution in [2.75, 3.05) is 17.2 Å². The van der Waals surface area contributed by atoms with Crippen molar-refractivity contribution >= 4 is 17.5 Å². The second-order valence-corrected chi connectivity index (χ2v) is 6.00. The fraction of sp³-hybridized carbons (Fsp3) is 0.143. The Balaban J connectivity index is 1.98. The SMILES string of the molecule is C=CCNc1cc(-c2ccccc2)nc(Nc2cc(C)cc(C)c2)n1. The van der Waals surface area contributed by atoms with Gasteiger partial charge in [-0.3, -0.25) is 0 Å². The number of anilines is 3. The zero-order chi connectivity index (χ0) is 17.6. The van der Waals surface area contributed by atoms with E-state index in [0.29, 0.717) is 12.5 Å². The molecule has 0 aliphatic rings. The van der Waals surface area contributed by atoms with Gasteiger partial charge in [0.25, 0.3) is 0 Å². The van der Waals surface area contributed by atoms with Gasteiger partial charge in [0.05, 0.1) is 5.69 Å². The summed E-state index contributed by atoms with van der Waals surface area (Å²) in [5.41, 5.74) is 5.31. The number of hydrogen-bond acceptors (Lipinski definition) is 4. The van der Waals surface area contributed by atoms with Crippen LogP contribution in [0.25, 0.3) is 11.3 Å². The van der Waals surface area contributed by atoms with Gasteiger partial charge in [0.15, 0.2) is 0 Å². The first-order valence-corrected chi connectivity index (χ1v) is 8.28. The van der Waals surface area contributed by atoms with Crippen molar-refractivity contribution in [3.63, 3.8) is 0 Å². The predicted octanol–water partition coefficient (Wildman–Crippen LogP) is 5.10. The van der Waals surface area contributed by atoms with Crippen LogP contribution < -0.4 is 10.6 Å². The van der Waals surface area contributed by atoms with Crippen LogP contribution in [0.2, 0.25) is 0 Å². The Hall–Kier alpha value is -3.14. The molecule has 0 amide bonds. The minimum Gasteiger partial charge on any atom is -0.366 e. The Kier molecular flexibility index (Phi) is 5.09. The monoisotopic (exact) mass is 330 g/mol. The van der Waals surface area contributed by atoms with Gasteiger partial charge < -0.3 is 10.6 Å². The molecule has 126 valence electrons. The summed E-state index contributed by atoms with van der Waals surface area (Å²) in [6.45, 7) is 8.55. The molecule has 2 aromatic carbocycles. The lowest BCUT2D eigenvalue weighted by molar-refractivity contribution is 1.14. The first-order valence-electron chi connectivity index (χ1n) is 8.28. The highest BCUT2D eigenvalue weighted by atomic mass is 15.1. The molecule has 0 unspecified atom stereocenters. The Morgan fingerprint density at radius 3 is 2.36 bits per heavy atom. The number of nitrogens with one attached hydrogen (secondary N) is 2. The Morgan fingerprint density at radius 2 is 1.68 bits per heavy atom. The normalized spacial score (nSPS) is 10.3. The van der Waals surface area contributed by atoms with Gasteiger partial charge in [0, 0.05) is 23.9 Å². The summed E-state index contributed by atoms with van der Waals surface area (Å²) in [5, 5.41) is 6.57. The predicted molar refractivity (Wildman–Crippen MR) is 105 cm³/mol. The molecule has 0 atom stereocenters. The maximum atomic E-state index is 4.68. The first-order chi connectivity index (χ1) is 12.1. The van der Waals surface area contributed by atoms with E-state index in [1.165, 1.54) is 11.1 Å². The fourth-order valence-electron chi connectivity index (χ4n) is 2.70. The molecule has 0 fully saturated rings. The molecule has 1 aromatic heterocycles. The van der Waals surface area contributed by atoms with Crippen LogP contribution in [-0.4, -0.2) is 16.5 Å². The zero-order valence-corrected chi connectivity index (χ0v) is 14.6. The van der Waals surface area contributed by atoms with Crippen LogP contribution in [-0.2, 0) is 0 Å². The number of benzene rings is 2. The molecule has 2 N–H and O–H groups in total. The van der Waals surface area contributed by atoms with Crippen LogP contribution >= 0.6 is 0 Å². The summed E-state index contributed by atoms with van der Waals surface area (Å²) in [5.74, 6) is 1.33. The van der Waals surface area contributed by atoms with E-state index in [1.807, 2.05) is 36.4 Å². The minimum absolute atomic E-state index is 0.568. The van der Waals surface area contributed by atoms with Gasteiger partial charge in [-0.2, -0.15) is 4.98 Å². The standard InChI is InChI=1S/C21H22N4/c1-4-10-22-20-14-19(17-8-6-5-7-9-17)24-21(25-20)23-18-12-15(2)11-16(3)13-18/h4-9,11-14H,1,10H2,2-3H3,(H2,22,23,24,25). The lowest BCUT2D eigenvalue weighted by Gasteiger charge is -2.12. The van der Waals surface area contributed by atoms with Crippen molar-refractivity contribution < 1.29 is 0 Å². The first kappa shape index (κ1) is 16.7. The molecule has 25 heavy (non-hydrogen) atoms. The molecular formula is C21H22N4. The van der Waals surface area contributed by atoms with E-state index in [-0.39, 0.29) is 0 Å². The summed E-state index contributed by atoms with van der Waals surface area (Å²) < 4.78 is 0. The minimum atomic E-state index is 0.568.